The smallest absolute Gasteiger partial charge is 0.322 e. The number of benzene rings is 2. The van der Waals surface area contributed by atoms with E-state index in [1.54, 1.807) is 23.1 Å². The summed E-state index contributed by atoms with van der Waals surface area (Å²) in [6.45, 7) is 2.40. The molecule has 1 aliphatic rings. The van der Waals surface area contributed by atoms with Crippen LogP contribution in [0.3, 0.4) is 0 Å². The molecule has 3 rings (SSSR count). The SMILES string of the molecule is Cc1c(Cl)cccc1NC(=O)N1CCCC1C(=O)Nc1ccccc1. The molecule has 1 atom stereocenters. The highest BCUT2D eigenvalue weighted by molar-refractivity contribution is 6.31. The molecule has 1 fully saturated rings. The molecule has 6 heteroatoms. The zero-order valence-corrected chi connectivity index (χ0v) is 14.7. The van der Waals surface area contributed by atoms with E-state index in [4.69, 9.17) is 11.6 Å². The maximum Gasteiger partial charge on any atom is 0.322 e. The molecule has 0 radical (unpaired) electrons. The van der Waals surface area contributed by atoms with Crippen LogP contribution in [-0.2, 0) is 4.79 Å². The summed E-state index contributed by atoms with van der Waals surface area (Å²) in [7, 11) is 0. The predicted octanol–water partition coefficient (Wildman–Crippen LogP) is 4.28. The molecule has 3 amide bonds. The van der Waals surface area contributed by atoms with Crippen molar-refractivity contribution in [2.75, 3.05) is 17.2 Å². The van der Waals surface area contributed by atoms with Gasteiger partial charge in [-0.1, -0.05) is 35.9 Å². The van der Waals surface area contributed by atoms with E-state index in [2.05, 4.69) is 10.6 Å². The van der Waals surface area contributed by atoms with Crippen LogP contribution in [0.4, 0.5) is 16.2 Å². The number of rotatable bonds is 3. The molecule has 0 aromatic heterocycles. The standard InChI is InChI=1S/C19H20ClN3O2/c1-13-15(20)9-5-10-16(13)22-19(25)23-12-6-11-17(23)18(24)21-14-7-3-2-4-8-14/h2-5,7-10,17H,6,11-12H2,1H3,(H,21,24)(H,22,25). The predicted molar refractivity (Wildman–Crippen MR) is 100 cm³/mol. The molecular formula is C19H20ClN3O2. The van der Waals surface area contributed by atoms with Crippen molar-refractivity contribution in [3.05, 3.63) is 59.1 Å². The summed E-state index contributed by atoms with van der Waals surface area (Å²) in [4.78, 5) is 26.8. The Labute approximate surface area is 152 Å². The monoisotopic (exact) mass is 357 g/mol. The van der Waals surface area contributed by atoms with Crippen molar-refractivity contribution >= 4 is 34.9 Å². The summed E-state index contributed by atoms with van der Waals surface area (Å²) >= 11 is 6.10. The fraction of sp³-hybridized carbons (Fsp3) is 0.263. The number of nitrogens with zero attached hydrogens (tertiary/aromatic N) is 1. The van der Waals surface area contributed by atoms with Gasteiger partial charge in [0.25, 0.3) is 0 Å². The first-order valence-corrected chi connectivity index (χ1v) is 8.62. The molecule has 0 aliphatic carbocycles. The van der Waals surface area contributed by atoms with Crippen molar-refractivity contribution < 1.29 is 9.59 Å². The van der Waals surface area contributed by atoms with Gasteiger partial charge in [0.15, 0.2) is 0 Å². The van der Waals surface area contributed by atoms with Gasteiger partial charge in [-0.25, -0.2) is 4.79 Å². The second-order valence-electron chi connectivity index (χ2n) is 6.05. The molecule has 1 aliphatic heterocycles. The van der Waals surface area contributed by atoms with Crippen molar-refractivity contribution in [3.63, 3.8) is 0 Å². The highest BCUT2D eigenvalue weighted by Crippen LogP contribution is 2.25. The third kappa shape index (κ3) is 3.94. The second kappa shape index (κ2) is 7.57. The zero-order valence-electron chi connectivity index (χ0n) is 14.0. The largest absolute Gasteiger partial charge is 0.324 e. The molecule has 25 heavy (non-hydrogen) atoms. The molecule has 5 nitrogen and oxygen atoms in total. The molecule has 1 saturated heterocycles. The van der Waals surface area contributed by atoms with E-state index < -0.39 is 6.04 Å². The third-order valence-electron chi connectivity index (χ3n) is 4.37. The number of amides is 3. The summed E-state index contributed by atoms with van der Waals surface area (Å²) < 4.78 is 0. The van der Waals surface area contributed by atoms with Crippen LogP contribution < -0.4 is 10.6 Å². The van der Waals surface area contributed by atoms with Gasteiger partial charge in [0.05, 0.1) is 0 Å². The lowest BCUT2D eigenvalue weighted by molar-refractivity contribution is -0.119. The summed E-state index contributed by atoms with van der Waals surface area (Å²) in [5, 5.41) is 6.33. The lowest BCUT2D eigenvalue weighted by Gasteiger charge is -2.24. The van der Waals surface area contributed by atoms with E-state index in [1.165, 1.54) is 0 Å². The van der Waals surface area contributed by atoms with Gasteiger partial charge in [0.1, 0.15) is 6.04 Å². The number of urea groups is 1. The van der Waals surface area contributed by atoms with Gasteiger partial charge in [-0.3, -0.25) is 4.79 Å². The van der Waals surface area contributed by atoms with Gasteiger partial charge < -0.3 is 15.5 Å². The lowest BCUT2D eigenvalue weighted by atomic mass is 10.2. The first-order valence-electron chi connectivity index (χ1n) is 8.25. The molecule has 0 spiro atoms. The average molecular weight is 358 g/mol. The van der Waals surface area contributed by atoms with E-state index in [0.29, 0.717) is 23.7 Å². The highest BCUT2D eigenvalue weighted by atomic mass is 35.5. The summed E-state index contributed by atoms with van der Waals surface area (Å²) in [6, 6.07) is 13.9. The Morgan fingerprint density at radius 1 is 1.08 bits per heavy atom. The van der Waals surface area contributed by atoms with Gasteiger partial charge in [-0.15, -0.1) is 0 Å². The first-order chi connectivity index (χ1) is 12.1. The number of likely N-dealkylation sites (tertiary alicyclic amines) is 1. The number of anilines is 2. The van der Waals surface area contributed by atoms with Gasteiger partial charge in [-0.2, -0.15) is 0 Å². The van der Waals surface area contributed by atoms with Crippen molar-refractivity contribution in [2.45, 2.75) is 25.8 Å². The third-order valence-corrected chi connectivity index (χ3v) is 4.78. The van der Waals surface area contributed by atoms with Crippen LogP contribution in [0.5, 0.6) is 0 Å². The summed E-state index contributed by atoms with van der Waals surface area (Å²) in [6.07, 6.45) is 1.45. The minimum absolute atomic E-state index is 0.165. The van der Waals surface area contributed by atoms with Crippen molar-refractivity contribution in [1.82, 2.24) is 4.90 Å². The van der Waals surface area contributed by atoms with Gasteiger partial charge in [0.2, 0.25) is 5.91 Å². The minimum atomic E-state index is -0.473. The number of hydrogen-bond donors (Lipinski definition) is 2. The summed E-state index contributed by atoms with van der Waals surface area (Å²) in [5.74, 6) is -0.165. The van der Waals surface area contributed by atoms with Crippen LogP contribution in [0, 0.1) is 6.92 Å². The molecule has 1 heterocycles. The van der Waals surface area contributed by atoms with E-state index >= 15 is 0 Å². The maximum absolute atomic E-state index is 12.6. The Bertz CT molecular complexity index is 779. The minimum Gasteiger partial charge on any atom is -0.324 e. The van der Waals surface area contributed by atoms with E-state index in [0.717, 1.165) is 17.7 Å². The molecule has 1 unspecified atom stereocenters. The van der Waals surface area contributed by atoms with Crippen LogP contribution in [0.25, 0.3) is 0 Å². The molecule has 2 aromatic carbocycles. The van der Waals surface area contributed by atoms with Crippen LogP contribution >= 0.6 is 11.6 Å². The van der Waals surface area contributed by atoms with Gasteiger partial charge in [0, 0.05) is 22.9 Å². The van der Waals surface area contributed by atoms with Crippen molar-refractivity contribution in [1.29, 1.82) is 0 Å². The summed E-state index contributed by atoms with van der Waals surface area (Å²) in [5.41, 5.74) is 2.19. The van der Waals surface area contributed by atoms with Crippen LogP contribution in [0.2, 0.25) is 5.02 Å². The Kier molecular flexibility index (Phi) is 5.24. The quantitative estimate of drug-likeness (QED) is 0.861. The first kappa shape index (κ1) is 17.3. The molecule has 0 saturated carbocycles. The average Bonchev–Trinajstić information content (AvgIpc) is 3.10. The fourth-order valence-electron chi connectivity index (χ4n) is 2.96. The van der Waals surface area contributed by atoms with Crippen LogP contribution in [0.1, 0.15) is 18.4 Å². The van der Waals surface area contributed by atoms with E-state index in [9.17, 15) is 9.59 Å². The van der Waals surface area contributed by atoms with Crippen LogP contribution in [0.15, 0.2) is 48.5 Å². The number of carbonyl (C=O) groups excluding carboxylic acids is 2. The van der Waals surface area contributed by atoms with E-state index in [-0.39, 0.29) is 11.9 Å². The van der Waals surface area contributed by atoms with E-state index in [1.807, 2.05) is 37.3 Å². The second-order valence-corrected chi connectivity index (χ2v) is 6.46. The van der Waals surface area contributed by atoms with Gasteiger partial charge in [-0.05, 0) is 49.6 Å². The Balaban J connectivity index is 1.69. The van der Waals surface area contributed by atoms with Crippen LogP contribution in [-0.4, -0.2) is 29.4 Å². The highest BCUT2D eigenvalue weighted by Gasteiger charge is 2.34. The molecule has 2 aromatic rings. The topological polar surface area (TPSA) is 61.4 Å². The van der Waals surface area contributed by atoms with Gasteiger partial charge >= 0.3 is 6.03 Å². The Morgan fingerprint density at radius 3 is 2.60 bits per heavy atom. The maximum atomic E-state index is 12.6. The molecule has 0 bridgehead atoms. The lowest BCUT2D eigenvalue weighted by Crippen LogP contribution is -2.45. The van der Waals surface area contributed by atoms with Crippen molar-refractivity contribution in [3.8, 4) is 0 Å². The molecule has 130 valence electrons. The number of nitrogens with one attached hydrogen (secondary N) is 2. The fourth-order valence-corrected chi connectivity index (χ4v) is 3.13. The number of para-hydroxylation sites is 1. The molecule has 2 N–H and O–H groups in total. The van der Waals surface area contributed by atoms with Crippen molar-refractivity contribution in [2.24, 2.45) is 0 Å². The Morgan fingerprint density at radius 2 is 1.84 bits per heavy atom. The Hall–Kier alpha value is -2.53. The number of carbonyl (C=O) groups is 2. The zero-order chi connectivity index (χ0) is 17.8. The normalized spacial score (nSPS) is 16.6. The molecular weight excluding hydrogens is 338 g/mol. The number of hydrogen-bond acceptors (Lipinski definition) is 2. The number of halogens is 1.